The number of para-hydroxylation sites is 2. The Hall–Kier alpha value is -4.46. The number of hydrogen-bond acceptors (Lipinski definition) is 6. The quantitative estimate of drug-likeness (QED) is 0.317. The fourth-order valence-corrected chi connectivity index (χ4v) is 3.17. The Kier molecular flexibility index (Phi) is 7.07. The molecule has 0 spiro atoms. The van der Waals surface area contributed by atoms with Crippen molar-refractivity contribution in [2.45, 2.75) is 19.3 Å². The number of pyridine rings is 2. The van der Waals surface area contributed by atoms with Gasteiger partial charge in [-0.25, -0.2) is 20.8 Å². The number of hydrazone groups is 2. The van der Waals surface area contributed by atoms with Crippen LogP contribution in [0.3, 0.4) is 0 Å². The number of hydrogen-bond donors (Lipinski definition) is 2. The van der Waals surface area contributed by atoms with Crippen LogP contribution in [0.2, 0.25) is 0 Å². The smallest absolute Gasteiger partial charge is 0.240 e. The van der Waals surface area contributed by atoms with E-state index in [0.717, 1.165) is 21.8 Å². The number of amides is 2. The third kappa shape index (κ3) is 6.27. The Bertz CT molecular complexity index is 1260. The van der Waals surface area contributed by atoms with E-state index in [1.165, 1.54) is 12.4 Å². The zero-order chi connectivity index (χ0) is 22.9. The van der Waals surface area contributed by atoms with E-state index in [2.05, 4.69) is 31.0 Å². The third-order valence-corrected chi connectivity index (χ3v) is 4.82. The number of aromatic nitrogens is 2. The van der Waals surface area contributed by atoms with Crippen LogP contribution in [-0.4, -0.2) is 34.2 Å². The van der Waals surface area contributed by atoms with Crippen LogP contribution in [0.5, 0.6) is 0 Å². The van der Waals surface area contributed by atoms with Crippen molar-refractivity contribution in [1.82, 2.24) is 20.8 Å². The molecule has 2 heterocycles. The maximum atomic E-state index is 11.9. The first-order valence-corrected chi connectivity index (χ1v) is 10.5. The fourth-order valence-electron chi connectivity index (χ4n) is 3.17. The number of carbonyl (C=O) groups excluding carboxylic acids is 2. The van der Waals surface area contributed by atoms with Crippen LogP contribution in [0.25, 0.3) is 21.8 Å². The Morgan fingerprint density at radius 1 is 0.697 bits per heavy atom. The first-order chi connectivity index (χ1) is 16.2. The van der Waals surface area contributed by atoms with Gasteiger partial charge in [0.1, 0.15) is 0 Å². The SMILES string of the molecule is O=C(CCCC(=O)N/N=C/c1ccc2ccccc2n1)N/N=C/c1ccc2ccccc2n1.[HH].[HH]. The molecule has 4 rings (SSSR count). The van der Waals surface area contributed by atoms with Gasteiger partial charge in [-0.05, 0) is 30.7 Å². The van der Waals surface area contributed by atoms with E-state index in [0.29, 0.717) is 17.8 Å². The van der Waals surface area contributed by atoms with Gasteiger partial charge in [-0.3, -0.25) is 9.59 Å². The molecule has 168 valence electrons. The van der Waals surface area contributed by atoms with Crippen molar-refractivity contribution >= 4 is 46.0 Å². The predicted octanol–water partition coefficient (Wildman–Crippen LogP) is 4.05. The summed E-state index contributed by atoms with van der Waals surface area (Å²) in [4.78, 5) is 32.7. The lowest BCUT2D eigenvalue weighted by atomic mass is 10.2. The summed E-state index contributed by atoms with van der Waals surface area (Å²) in [7, 11) is 0. The molecule has 2 aromatic heterocycles. The molecule has 2 aromatic carbocycles. The van der Waals surface area contributed by atoms with Gasteiger partial charge >= 0.3 is 0 Å². The van der Waals surface area contributed by atoms with E-state index in [1.807, 2.05) is 72.8 Å². The summed E-state index contributed by atoms with van der Waals surface area (Å²) < 4.78 is 0. The minimum absolute atomic E-state index is 0. The van der Waals surface area contributed by atoms with Gasteiger partial charge in [0.25, 0.3) is 0 Å². The maximum absolute atomic E-state index is 11.9. The second-order valence-corrected chi connectivity index (χ2v) is 7.30. The second-order valence-electron chi connectivity index (χ2n) is 7.30. The summed E-state index contributed by atoms with van der Waals surface area (Å²) >= 11 is 0. The highest BCUT2D eigenvalue weighted by Gasteiger charge is 2.04. The molecule has 0 saturated carbocycles. The number of nitrogens with one attached hydrogen (secondary N) is 2. The molecule has 0 bridgehead atoms. The molecule has 0 fully saturated rings. The monoisotopic (exact) mass is 442 g/mol. The van der Waals surface area contributed by atoms with E-state index in [4.69, 9.17) is 0 Å². The van der Waals surface area contributed by atoms with Crippen LogP contribution in [0.15, 0.2) is 83.0 Å². The summed E-state index contributed by atoms with van der Waals surface area (Å²) in [6, 6.07) is 23.1. The Morgan fingerprint density at radius 3 is 1.64 bits per heavy atom. The molecule has 2 amide bonds. The lowest BCUT2D eigenvalue weighted by Gasteiger charge is -2.01. The maximum Gasteiger partial charge on any atom is 0.240 e. The molecule has 2 N–H and O–H groups in total. The molecule has 0 atom stereocenters. The Labute approximate surface area is 193 Å². The zero-order valence-corrected chi connectivity index (χ0v) is 17.8. The molecule has 0 saturated heterocycles. The van der Waals surface area contributed by atoms with Gasteiger partial charge in [0.15, 0.2) is 0 Å². The summed E-state index contributed by atoms with van der Waals surface area (Å²) in [6.07, 6.45) is 3.71. The van der Waals surface area contributed by atoms with Gasteiger partial charge < -0.3 is 0 Å². The molecule has 8 nitrogen and oxygen atoms in total. The zero-order valence-electron chi connectivity index (χ0n) is 17.8. The van der Waals surface area contributed by atoms with Crippen molar-refractivity contribution < 1.29 is 12.4 Å². The standard InChI is InChI=1S/C25H22N6O2.2H2/c32-24(30-26-16-20-14-12-18-6-1-3-8-22(18)28-20)10-5-11-25(33)31-27-17-21-15-13-19-7-2-4-9-23(19)29-21;;/h1-4,6-9,12-17H,5,10-11H2,(H,30,32)(H,31,33);2*1H/b26-16+,27-17+;;. The van der Waals surface area contributed by atoms with E-state index in [1.54, 1.807) is 0 Å². The summed E-state index contributed by atoms with van der Waals surface area (Å²) in [5.74, 6) is -0.549. The Balaban J connectivity index is 0.00000216. The molecule has 0 radical (unpaired) electrons. The first-order valence-electron chi connectivity index (χ1n) is 10.5. The number of fused-ring (bicyclic) bond motifs is 2. The van der Waals surface area contributed by atoms with E-state index in [9.17, 15) is 9.59 Å². The molecule has 33 heavy (non-hydrogen) atoms. The average molecular weight is 443 g/mol. The number of nitrogens with zero attached hydrogens (tertiary/aromatic N) is 4. The van der Waals surface area contributed by atoms with Crippen molar-refractivity contribution in [3.63, 3.8) is 0 Å². The minimum Gasteiger partial charge on any atom is -0.273 e. The number of benzene rings is 2. The molecule has 0 aliphatic carbocycles. The molecule has 0 unspecified atom stereocenters. The largest absolute Gasteiger partial charge is 0.273 e. The summed E-state index contributed by atoms with van der Waals surface area (Å²) in [5.41, 5.74) is 7.92. The van der Waals surface area contributed by atoms with Gasteiger partial charge in [-0.15, -0.1) is 0 Å². The summed E-state index contributed by atoms with van der Waals surface area (Å²) in [5, 5.41) is 9.94. The van der Waals surface area contributed by atoms with Crippen LogP contribution in [-0.2, 0) is 9.59 Å². The topological polar surface area (TPSA) is 109 Å². The highest BCUT2D eigenvalue weighted by Crippen LogP contribution is 2.11. The van der Waals surface area contributed by atoms with E-state index >= 15 is 0 Å². The van der Waals surface area contributed by atoms with Crippen LogP contribution < -0.4 is 10.9 Å². The van der Waals surface area contributed by atoms with Crippen LogP contribution in [0.4, 0.5) is 0 Å². The van der Waals surface area contributed by atoms with E-state index < -0.39 is 0 Å². The van der Waals surface area contributed by atoms with Crippen molar-refractivity contribution in [3.05, 3.63) is 84.2 Å². The van der Waals surface area contributed by atoms with Crippen LogP contribution in [0, 0.1) is 0 Å². The van der Waals surface area contributed by atoms with Crippen molar-refractivity contribution in [1.29, 1.82) is 0 Å². The highest BCUT2D eigenvalue weighted by molar-refractivity contribution is 5.87. The van der Waals surface area contributed by atoms with Crippen LogP contribution >= 0.6 is 0 Å². The molecule has 4 aromatic rings. The Morgan fingerprint density at radius 2 is 1.15 bits per heavy atom. The molecular weight excluding hydrogens is 416 g/mol. The normalized spacial score (nSPS) is 11.4. The van der Waals surface area contributed by atoms with Crippen molar-refractivity contribution in [2.75, 3.05) is 0 Å². The van der Waals surface area contributed by atoms with Gasteiger partial charge in [0, 0.05) is 26.5 Å². The van der Waals surface area contributed by atoms with E-state index in [-0.39, 0.29) is 27.5 Å². The second kappa shape index (κ2) is 10.7. The third-order valence-electron chi connectivity index (χ3n) is 4.82. The summed E-state index contributed by atoms with van der Waals surface area (Å²) in [6.45, 7) is 0. The lowest BCUT2D eigenvalue weighted by Crippen LogP contribution is -2.20. The van der Waals surface area contributed by atoms with Crippen molar-refractivity contribution in [3.8, 4) is 0 Å². The van der Waals surface area contributed by atoms with Crippen LogP contribution in [0.1, 0.15) is 33.5 Å². The lowest BCUT2D eigenvalue weighted by molar-refractivity contribution is -0.122. The molecule has 0 aliphatic rings. The van der Waals surface area contributed by atoms with Gasteiger partial charge in [-0.2, -0.15) is 10.2 Å². The van der Waals surface area contributed by atoms with Gasteiger partial charge in [0.05, 0.1) is 34.9 Å². The number of rotatable bonds is 8. The highest BCUT2D eigenvalue weighted by atomic mass is 16.2. The fraction of sp³-hybridized carbons (Fsp3) is 0.120. The first kappa shape index (κ1) is 21.8. The molecule has 8 heteroatoms. The molecular formula is C25H26N6O2. The molecule has 0 aliphatic heterocycles. The predicted molar refractivity (Wildman–Crippen MR) is 133 cm³/mol. The van der Waals surface area contributed by atoms with Gasteiger partial charge in [-0.1, -0.05) is 48.5 Å². The number of carbonyl (C=O) groups is 2. The average Bonchev–Trinajstić information content (AvgIpc) is 2.84. The van der Waals surface area contributed by atoms with Crippen molar-refractivity contribution in [2.24, 2.45) is 10.2 Å². The minimum atomic E-state index is -0.274. The van der Waals surface area contributed by atoms with Gasteiger partial charge in [0.2, 0.25) is 11.8 Å².